The van der Waals surface area contributed by atoms with Crippen LogP contribution >= 0.6 is 22.6 Å². The largest absolute Gasteiger partial charge is 0.388 e. The van der Waals surface area contributed by atoms with Crippen LogP contribution in [-0.2, 0) is 4.74 Å². The molecule has 0 unspecified atom stereocenters. The van der Waals surface area contributed by atoms with Crippen molar-refractivity contribution in [3.8, 4) is 0 Å². The third-order valence-corrected chi connectivity index (χ3v) is 2.93. The van der Waals surface area contributed by atoms with Crippen LogP contribution in [-0.4, -0.2) is 42.6 Å². The first-order valence-corrected chi connectivity index (χ1v) is 6.25. The third-order valence-electron chi connectivity index (χ3n) is 2.16. The molecule has 0 radical (unpaired) electrons. The van der Waals surface area contributed by atoms with Crippen molar-refractivity contribution in [1.82, 2.24) is 9.97 Å². The zero-order valence-corrected chi connectivity index (χ0v) is 11.8. The van der Waals surface area contributed by atoms with E-state index in [9.17, 15) is 0 Å². The fourth-order valence-electron chi connectivity index (χ4n) is 1.32. The highest BCUT2D eigenvalue weighted by Gasteiger charge is 2.11. The highest BCUT2D eigenvalue weighted by atomic mass is 127. The number of hydrogen-bond acceptors (Lipinski definition) is 5. The second kappa shape index (κ2) is 7.38. The van der Waals surface area contributed by atoms with Crippen molar-refractivity contribution in [2.24, 2.45) is 5.73 Å². The number of anilines is 1. The summed E-state index contributed by atoms with van der Waals surface area (Å²) in [6.45, 7) is 1.99. The van der Waals surface area contributed by atoms with Gasteiger partial charge in [0.1, 0.15) is 12.1 Å². The van der Waals surface area contributed by atoms with Gasteiger partial charge in [-0.05, 0) is 22.6 Å². The number of amidine groups is 1. The quantitative estimate of drug-likeness (QED) is 0.433. The second-order valence-electron chi connectivity index (χ2n) is 3.45. The summed E-state index contributed by atoms with van der Waals surface area (Å²) in [5.41, 5.74) is 5.38. The number of rotatable bonds is 7. The van der Waals surface area contributed by atoms with Crippen molar-refractivity contribution < 1.29 is 4.74 Å². The molecule has 17 heavy (non-hydrogen) atoms. The Kier molecular flexibility index (Phi) is 6.12. The van der Waals surface area contributed by atoms with Crippen LogP contribution in [0, 0.1) is 8.98 Å². The molecule has 0 atom stereocenters. The summed E-state index contributed by atoms with van der Waals surface area (Å²) in [5.74, 6) is 1.04. The summed E-state index contributed by atoms with van der Waals surface area (Å²) in [6.07, 6.45) is 3.80. The minimum absolute atomic E-state index is 0.177. The van der Waals surface area contributed by atoms with Gasteiger partial charge in [0, 0.05) is 32.8 Å². The number of ether oxygens (including phenoxy) is 1. The maximum Gasteiger partial charge on any atom is 0.145 e. The molecule has 1 rings (SSSR count). The number of halogens is 1. The lowest BCUT2D eigenvalue weighted by Gasteiger charge is -2.23. The van der Waals surface area contributed by atoms with E-state index in [4.69, 9.17) is 15.9 Å². The van der Waals surface area contributed by atoms with Gasteiger partial charge in [-0.2, -0.15) is 0 Å². The Morgan fingerprint density at radius 1 is 1.59 bits per heavy atom. The van der Waals surface area contributed by atoms with E-state index in [1.165, 1.54) is 6.33 Å². The lowest BCUT2D eigenvalue weighted by molar-refractivity contribution is 0.205. The molecule has 1 aromatic rings. The predicted molar refractivity (Wildman–Crippen MR) is 75.4 cm³/mol. The van der Waals surface area contributed by atoms with Gasteiger partial charge in [0.05, 0.1) is 16.0 Å². The number of nitrogens with two attached hydrogens (primary N) is 1. The molecule has 1 heterocycles. The van der Waals surface area contributed by atoms with Crippen LogP contribution in [0.5, 0.6) is 0 Å². The maximum atomic E-state index is 7.27. The molecule has 0 fully saturated rings. The monoisotopic (exact) mass is 349 g/mol. The minimum Gasteiger partial charge on any atom is -0.388 e. The summed E-state index contributed by atoms with van der Waals surface area (Å²) in [5, 5.41) is 7.27. The Bertz CT molecular complexity index is 373. The average Bonchev–Trinajstić information content (AvgIpc) is 2.30. The molecule has 0 bridgehead atoms. The van der Waals surface area contributed by atoms with Crippen molar-refractivity contribution in [3.05, 3.63) is 16.1 Å². The van der Waals surface area contributed by atoms with E-state index in [-0.39, 0.29) is 5.84 Å². The van der Waals surface area contributed by atoms with Gasteiger partial charge in [-0.15, -0.1) is 0 Å². The van der Waals surface area contributed by atoms with Gasteiger partial charge in [-0.3, -0.25) is 5.41 Å². The molecule has 0 saturated carbocycles. The molecule has 0 aromatic carbocycles. The predicted octanol–water partition coefficient (Wildman–Crippen LogP) is 0.860. The molecule has 0 aliphatic carbocycles. The molecule has 0 spiro atoms. The van der Waals surface area contributed by atoms with E-state index in [0.717, 1.165) is 15.9 Å². The molecule has 94 valence electrons. The molecule has 0 amide bonds. The van der Waals surface area contributed by atoms with Crippen molar-refractivity contribution in [2.75, 3.05) is 31.7 Å². The second-order valence-corrected chi connectivity index (χ2v) is 4.61. The molecule has 0 saturated heterocycles. The van der Waals surface area contributed by atoms with Crippen LogP contribution in [0.1, 0.15) is 6.42 Å². The number of nitrogens with one attached hydrogen (secondary N) is 1. The standard InChI is InChI=1S/C10H16IN5O/c1-17-5-4-16(3-2-9(12)13)10-8(11)6-14-7-15-10/h6-7H,2-5H2,1H3,(H3,12,13). The fourth-order valence-corrected chi connectivity index (χ4v) is 1.96. The van der Waals surface area contributed by atoms with Crippen LogP contribution in [0.25, 0.3) is 0 Å². The number of methoxy groups -OCH3 is 1. The molecular formula is C10H16IN5O. The lowest BCUT2D eigenvalue weighted by atomic mass is 10.3. The van der Waals surface area contributed by atoms with E-state index in [0.29, 0.717) is 19.6 Å². The van der Waals surface area contributed by atoms with Gasteiger partial charge in [-0.25, -0.2) is 9.97 Å². The van der Waals surface area contributed by atoms with Crippen molar-refractivity contribution in [3.63, 3.8) is 0 Å². The Labute approximate surface area is 114 Å². The highest BCUT2D eigenvalue weighted by Crippen LogP contribution is 2.17. The Morgan fingerprint density at radius 2 is 2.35 bits per heavy atom. The first kappa shape index (κ1) is 14.1. The number of nitrogens with zero attached hydrogens (tertiary/aromatic N) is 3. The van der Waals surface area contributed by atoms with Crippen LogP contribution < -0.4 is 10.6 Å². The minimum atomic E-state index is 0.177. The van der Waals surface area contributed by atoms with Crippen LogP contribution in [0.15, 0.2) is 12.5 Å². The fraction of sp³-hybridized carbons (Fsp3) is 0.500. The van der Waals surface area contributed by atoms with Crippen molar-refractivity contribution >= 4 is 34.2 Å². The summed E-state index contributed by atoms with van der Waals surface area (Å²) >= 11 is 2.19. The maximum absolute atomic E-state index is 7.27. The Balaban J connectivity index is 2.74. The Hall–Kier alpha value is -0.960. The number of hydrogen-bond donors (Lipinski definition) is 2. The Morgan fingerprint density at radius 3 is 2.94 bits per heavy atom. The van der Waals surface area contributed by atoms with E-state index >= 15 is 0 Å². The van der Waals surface area contributed by atoms with Gasteiger partial charge in [0.25, 0.3) is 0 Å². The van der Waals surface area contributed by atoms with Crippen molar-refractivity contribution in [1.29, 1.82) is 5.41 Å². The molecule has 6 nitrogen and oxygen atoms in total. The summed E-state index contributed by atoms with van der Waals surface area (Å²) in [6, 6.07) is 0. The SMILES string of the molecule is COCCN(CCC(=N)N)c1ncncc1I. The van der Waals surface area contributed by atoms with Gasteiger partial charge in [-0.1, -0.05) is 0 Å². The topological polar surface area (TPSA) is 88.1 Å². The van der Waals surface area contributed by atoms with Crippen LogP contribution in [0.4, 0.5) is 5.82 Å². The third kappa shape index (κ3) is 4.82. The first-order valence-electron chi connectivity index (χ1n) is 5.17. The van der Waals surface area contributed by atoms with Gasteiger partial charge < -0.3 is 15.4 Å². The van der Waals surface area contributed by atoms with E-state index in [1.54, 1.807) is 13.3 Å². The summed E-state index contributed by atoms with van der Waals surface area (Å²) in [7, 11) is 1.66. The van der Waals surface area contributed by atoms with Crippen molar-refractivity contribution in [2.45, 2.75) is 6.42 Å². The molecule has 7 heteroatoms. The number of aromatic nitrogens is 2. The molecular weight excluding hydrogens is 333 g/mol. The van der Waals surface area contributed by atoms with E-state index in [2.05, 4.69) is 32.6 Å². The van der Waals surface area contributed by atoms with Crippen LogP contribution in [0.3, 0.4) is 0 Å². The molecule has 3 N–H and O–H groups in total. The van der Waals surface area contributed by atoms with E-state index < -0.39 is 0 Å². The zero-order chi connectivity index (χ0) is 12.7. The normalized spacial score (nSPS) is 10.2. The first-order chi connectivity index (χ1) is 8.15. The smallest absolute Gasteiger partial charge is 0.145 e. The van der Waals surface area contributed by atoms with Gasteiger partial charge in [0.2, 0.25) is 0 Å². The lowest BCUT2D eigenvalue weighted by Crippen LogP contribution is -2.32. The molecule has 0 aliphatic heterocycles. The molecule has 1 aromatic heterocycles. The average molecular weight is 349 g/mol. The van der Waals surface area contributed by atoms with Gasteiger partial charge in [0.15, 0.2) is 0 Å². The highest BCUT2D eigenvalue weighted by molar-refractivity contribution is 14.1. The summed E-state index contributed by atoms with van der Waals surface area (Å²) < 4.78 is 6.04. The van der Waals surface area contributed by atoms with E-state index in [1.807, 2.05) is 4.90 Å². The molecule has 0 aliphatic rings. The summed E-state index contributed by atoms with van der Waals surface area (Å²) in [4.78, 5) is 10.3. The zero-order valence-electron chi connectivity index (χ0n) is 9.69. The van der Waals surface area contributed by atoms with Gasteiger partial charge >= 0.3 is 0 Å². The van der Waals surface area contributed by atoms with Crippen LogP contribution in [0.2, 0.25) is 0 Å².